The molecule has 7 heteroatoms. The summed E-state index contributed by atoms with van der Waals surface area (Å²) in [5, 5.41) is 2.97. The number of amides is 2. The molecule has 34 heavy (non-hydrogen) atoms. The van der Waals surface area contributed by atoms with Gasteiger partial charge in [-0.2, -0.15) is 0 Å². The molecule has 7 nitrogen and oxygen atoms in total. The molecule has 1 aliphatic rings. The van der Waals surface area contributed by atoms with E-state index < -0.39 is 6.04 Å². The lowest BCUT2D eigenvalue weighted by atomic mass is 9.93. The van der Waals surface area contributed by atoms with Crippen LogP contribution in [-0.2, 0) is 17.8 Å². The molecule has 0 radical (unpaired) electrons. The predicted molar refractivity (Wildman–Crippen MR) is 127 cm³/mol. The number of anilines is 1. The SMILES string of the molecule is Cc1cc(NC(=O)C2Cc3ccccc3CN2C(=O)c2ccco2)ccc1Oc1cccnc1. The summed E-state index contributed by atoms with van der Waals surface area (Å²) in [5.41, 5.74) is 3.58. The number of hydrogen-bond donors (Lipinski definition) is 1. The number of nitrogens with zero attached hydrogens (tertiary/aromatic N) is 2. The minimum Gasteiger partial charge on any atom is -0.459 e. The largest absolute Gasteiger partial charge is 0.459 e. The molecule has 0 saturated heterocycles. The van der Waals surface area contributed by atoms with Crippen LogP contribution in [0.25, 0.3) is 0 Å². The summed E-state index contributed by atoms with van der Waals surface area (Å²) in [6, 6.07) is 19.5. The number of hydrogen-bond acceptors (Lipinski definition) is 5. The Morgan fingerprint density at radius 2 is 1.91 bits per heavy atom. The molecule has 0 spiro atoms. The van der Waals surface area contributed by atoms with Crippen molar-refractivity contribution in [3.8, 4) is 11.5 Å². The fourth-order valence-electron chi connectivity index (χ4n) is 4.11. The maximum Gasteiger partial charge on any atom is 0.290 e. The fourth-order valence-corrected chi connectivity index (χ4v) is 4.11. The van der Waals surface area contributed by atoms with E-state index in [0.29, 0.717) is 30.2 Å². The minimum atomic E-state index is -0.667. The van der Waals surface area contributed by atoms with Crippen LogP contribution in [0, 0.1) is 6.92 Å². The van der Waals surface area contributed by atoms with Gasteiger partial charge in [0.1, 0.15) is 17.5 Å². The van der Waals surface area contributed by atoms with Crippen molar-refractivity contribution in [1.82, 2.24) is 9.88 Å². The van der Waals surface area contributed by atoms with Crippen molar-refractivity contribution in [2.45, 2.75) is 25.9 Å². The van der Waals surface area contributed by atoms with Crippen molar-refractivity contribution in [2.75, 3.05) is 5.32 Å². The van der Waals surface area contributed by atoms with Crippen LogP contribution >= 0.6 is 0 Å². The number of aromatic nitrogens is 1. The van der Waals surface area contributed by atoms with Gasteiger partial charge in [0.25, 0.3) is 5.91 Å². The number of rotatable bonds is 5. The third-order valence-corrected chi connectivity index (χ3v) is 5.85. The molecule has 4 aromatic rings. The van der Waals surface area contributed by atoms with Crippen LogP contribution in [-0.4, -0.2) is 27.7 Å². The lowest BCUT2D eigenvalue weighted by Gasteiger charge is -2.35. The number of carbonyl (C=O) groups excluding carboxylic acids is 2. The molecule has 1 N–H and O–H groups in total. The highest BCUT2D eigenvalue weighted by Crippen LogP contribution is 2.29. The average Bonchev–Trinajstić information content (AvgIpc) is 3.40. The number of ether oxygens (including phenoxy) is 1. The summed E-state index contributed by atoms with van der Waals surface area (Å²) in [4.78, 5) is 32.1. The van der Waals surface area contributed by atoms with Crippen LogP contribution in [0.4, 0.5) is 5.69 Å². The van der Waals surface area contributed by atoms with Gasteiger partial charge in [0.05, 0.1) is 12.5 Å². The maximum absolute atomic E-state index is 13.4. The molecule has 2 aromatic carbocycles. The molecule has 0 fully saturated rings. The Bertz CT molecular complexity index is 1320. The van der Waals surface area contributed by atoms with E-state index in [-0.39, 0.29) is 17.6 Å². The van der Waals surface area contributed by atoms with Gasteiger partial charge in [0.2, 0.25) is 5.91 Å². The maximum atomic E-state index is 13.4. The van der Waals surface area contributed by atoms with Crippen LogP contribution < -0.4 is 10.1 Å². The van der Waals surface area contributed by atoms with Gasteiger partial charge in [0, 0.05) is 24.8 Å². The van der Waals surface area contributed by atoms with Crippen molar-refractivity contribution in [3.05, 3.63) is 108 Å². The highest BCUT2D eigenvalue weighted by Gasteiger charge is 2.36. The molecule has 0 aliphatic carbocycles. The molecule has 3 heterocycles. The van der Waals surface area contributed by atoms with E-state index >= 15 is 0 Å². The van der Waals surface area contributed by atoms with Gasteiger partial charge in [-0.1, -0.05) is 24.3 Å². The molecule has 1 atom stereocenters. The normalized spacial score (nSPS) is 14.9. The van der Waals surface area contributed by atoms with E-state index in [9.17, 15) is 9.59 Å². The van der Waals surface area contributed by atoms with Crippen LogP contribution in [0.2, 0.25) is 0 Å². The van der Waals surface area contributed by atoms with Crippen molar-refractivity contribution in [3.63, 3.8) is 0 Å². The summed E-state index contributed by atoms with van der Waals surface area (Å²) < 4.78 is 11.2. The first-order valence-corrected chi connectivity index (χ1v) is 11.0. The number of fused-ring (bicyclic) bond motifs is 1. The topological polar surface area (TPSA) is 84.7 Å². The number of nitrogens with one attached hydrogen (secondary N) is 1. The van der Waals surface area contributed by atoms with Crippen LogP contribution in [0.15, 0.2) is 89.8 Å². The highest BCUT2D eigenvalue weighted by molar-refractivity contribution is 6.00. The lowest BCUT2D eigenvalue weighted by Crippen LogP contribution is -2.50. The Balaban J connectivity index is 1.36. The molecule has 2 amide bonds. The summed E-state index contributed by atoms with van der Waals surface area (Å²) in [7, 11) is 0. The van der Waals surface area contributed by atoms with E-state index in [1.807, 2.05) is 43.3 Å². The van der Waals surface area contributed by atoms with E-state index in [4.69, 9.17) is 9.15 Å². The average molecular weight is 453 g/mol. The van der Waals surface area contributed by atoms with Crippen molar-refractivity contribution >= 4 is 17.5 Å². The van der Waals surface area contributed by atoms with Crippen LogP contribution in [0.5, 0.6) is 11.5 Å². The Hall–Kier alpha value is -4.39. The molecule has 2 aromatic heterocycles. The Morgan fingerprint density at radius 3 is 2.65 bits per heavy atom. The second kappa shape index (κ2) is 9.23. The second-order valence-corrected chi connectivity index (χ2v) is 8.16. The van der Waals surface area contributed by atoms with Gasteiger partial charge in [-0.3, -0.25) is 14.6 Å². The molecule has 5 rings (SSSR count). The van der Waals surface area contributed by atoms with E-state index in [1.165, 1.54) is 6.26 Å². The smallest absolute Gasteiger partial charge is 0.290 e. The molecule has 170 valence electrons. The zero-order valence-corrected chi connectivity index (χ0v) is 18.6. The van der Waals surface area contributed by atoms with Gasteiger partial charge in [0.15, 0.2) is 5.76 Å². The number of furan rings is 1. The third kappa shape index (κ3) is 4.41. The monoisotopic (exact) mass is 453 g/mol. The summed E-state index contributed by atoms with van der Waals surface area (Å²) in [6.45, 7) is 2.25. The Kier molecular flexibility index (Phi) is 5.82. The van der Waals surface area contributed by atoms with Gasteiger partial charge < -0.3 is 19.4 Å². The van der Waals surface area contributed by atoms with Gasteiger partial charge in [-0.15, -0.1) is 0 Å². The fraction of sp³-hybridized carbons (Fsp3) is 0.148. The first kappa shape index (κ1) is 21.5. The van der Waals surface area contributed by atoms with Crippen LogP contribution in [0.1, 0.15) is 27.2 Å². The van der Waals surface area contributed by atoms with Crippen molar-refractivity contribution in [1.29, 1.82) is 0 Å². The molecule has 1 aliphatic heterocycles. The Labute approximate surface area is 197 Å². The molecule has 1 unspecified atom stereocenters. The summed E-state index contributed by atoms with van der Waals surface area (Å²) in [6.07, 6.45) is 5.20. The predicted octanol–water partition coefficient (Wildman–Crippen LogP) is 4.98. The number of carbonyl (C=O) groups is 2. The third-order valence-electron chi connectivity index (χ3n) is 5.85. The zero-order chi connectivity index (χ0) is 23.5. The first-order valence-electron chi connectivity index (χ1n) is 11.0. The molecular weight excluding hydrogens is 430 g/mol. The van der Waals surface area contributed by atoms with Crippen molar-refractivity contribution in [2.24, 2.45) is 0 Å². The Morgan fingerprint density at radius 1 is 1.06 bits per heavy atom. The highest BCUT2D eigenvalue weighted by atomic mass is 16.5. The number of aryl methyl sites for hydroxylation is 1. The first-order chi connectivity index (χ1) is 16.6. The number of benzene rings is 2. The van der Waals surface area contributed by atoms with Crippen LogP contribution in [0.3, 0.4) is 0 Å². The zero-order valence-electron chi connectivity index (χ0n) is 18.6. The molecule has 0 bridgehead atoms. The molecular formula is C27H23N3O4. The minimum absolute atomic E-state index is 0.213. The van der Waals surface area contributed by atoms with E-state index in [0.717, 1.165) is 16.7 Å². The number of pyridine rings is 1. The summed E-state index contributed by atoms with van der Waals surface area (Å²) in [5.74, 6) is 0.957. The molecule has 0 saturated carbocycles. The van der Waals surface area contributed by atoms with E-state index in [1.54, 1.807) is 47.6 Å². The lowest BCUT2D eigenvalue weighted by molar-refractivity contribution is -0.121. The van der Waals surface area contributed by atoms with Gasteiger partial charge in [-0.25, -0.2) is 0 Å². The standard InChI is InChI=1S/C27H23N3O4/c1-18-14-21(10-11-24(18)34-22-8-4-12-28-16-22)29-26(31)23-15-19-6-2-3-7-20(19)17-30(23)27(32)25-9-5-13-33-25/h2-14,16,23H,15,17H2,1H3,(H,29,31). The second-order valence-electron chi connectivity index (χ2n) is 8.16. The quantitative estimate of drug-likeness (QED) is 0.461. The van der Waals surface area contributed by atoms with E-state index in [2.05, 4.69) is 10.3 Å². The summed E-state index contributed by atoms with van der Waals surface area (Å²) >= 11 is 0. The van der Waals surface area contributed by atoms with Gasteiger partial charge in [-0.05, 0) is 66.1 Å². The van der Waals surface area contributed by atoms with Crippen molar-refractivity contribution < 1.29 is 18.7 Å². The van der Waals surface area contributed by atoms with Gasteiger partial charge >= 0.3 is 0 Å².